The number of oxime groups is 1. The number of rotatable bonds is 4. The van der Waals surface area contributed by atoms with Gasteiger partial charge in [-0.2, -0.15) is 0 Å². The summed E-state index contributed by atoms with van der Waals surface area (Å²) in [6, 6.07) is 5.56. The van der Waals surface area contributed by atoms with Crippen LogP contribution in [0, 0.1) is 5.92 Å². The van der Waals surface area contributed by atoms with Crippen molar-refractivity contribution in [2.45, 2.75) is 25.7 Å². The van der Waals surface area contributed by atoms with E-state index in [2.05, 4.69) is 15.0 Å². The van der Waals surface area contributed by atoms with Gasteiger partial charge in [-0.25, -0.2) is 4.98 Å². The largest absolute Gasteiger partial charge is 0.409 e. The van der Waals surface area contributed by atoms with Gasteiger partial charge in [0.2, 0.25) is 0 Å². The molecule has 1 saturated carbocycles. The fourth-order valence-electron chi connectivity index (χ4n) is 2.50. The van der Waals surface area contributed by atoms with Gasteiger partial charge in [0.05, 0.1) is 0 Å². The highest BCUT2D eigenvalue weighted by atomic mass is 16.4. The van der Waals surface area contributed by atoms with E-state index in [9.17, 15) is 0 Å². The molecule has 3 N–H and O–H groups in total. The van der Waals surface area contributed by atoms with Crippen LogP contribution in [-0.4, -0.2) is 29.6 Å². The van der Waals surface area contributed by atoms with E-state index >= 15 is 0 Å². The van der Waals surface area contributed by atoms with Gasteiger partial charge < -0.3 is 15.8 Å². The van der Waals surface area contributed by atoms with Gasteiger partial charge in [-0.15, -0.1) is 0 Å². The monoisotopic (exact) mass is 248 g/mol. The predicted octanol–water partition coefficient (Wildman–Crippen LogP) is 1.80. The minimum absolute atomic E-state index is 0.0473. The first-order valence-corrected chi connectivity index (χ1v) is 6.37. The van der Waals surface area contributed by atoms with E-state index in [0.717, 1.165) is 18.3 Å². The number of pyridine rings is 1. The number of hydrogen-bond donors (Lipinski definition) is 2. The Labute approximate surface area is 107 Å². The van der Waals surface area contributed by atoms with Crippen LogP contribution in [0.2, 0.25) is 0 Å². The Morgan fingerprint density at radius 3 is 2.89 bits per heavy atom. The van der Waals surface area contributed by atoms with Crippen LogP contribution >= 0.6 is 0 Å². The van der Waals surface area contributed by atoms with E-state index in [-0.39, 0.29) is 5.84 Å². The average molecular weight is 248 g/mol. The van der Waals surface area contributed by atoms with E-state index < -0.39 is 0 Å². The Morgan fingerprint density at radius 1 is 1.50 bits per heavy atom. The molecule has 1 aliphatic rings. The van der Waals surface area contributed by atoms with Gasteiger partial charge in [-0.3, -0.25) is 0 Å². The second-order valence-electron chi connectivity index (χ2n) is 4.90. The number of nitrogens with zero attached hydrogens (tertiary/aromatic N) is 3. The normalized spacial score (nSPS) is 17.1. The molecule has 5 nitrogen and oxygen atoms in total. The fraction of sp³-hybridized carbons (Fsp3) is 0.538. The van der Waals surface area contributed by atoms with Gasteiger partial charge in [0.15, 0.2) is 5.84 Å². The van der Waals surface area contributed by atoms with Crippen molar-refractivity contribution < 1.29 is 5.21 Å². The van der Waals surface area contributed by atoms with Crippen LogP contribution in [0.25, 0.3) is 0 Å². The minimum atomic E-state index is 0.0473. The molecule has 98 valence electrons. The van der Waals surface area contributed by atoms with Crippen LogP contribution in [0.4, 0.5) is 5.82 Å². The summed E-state index contributed by atoms with van der Waals surface area (Å²) >= 11 is 0. The second-order valence-corrected chi connectivity index (χ2v) is 4.90. The third-order valence-corrected chi connectivity index (χ3v) is 3.50. The van der Waals surface area contributed by atoms with E-state index in [4.69, 9.17) is 10.9 Å². The van der Waals surface area contributed by atoms with Crippen molar-refractivity contribution in [1.29, 1.82) is 0 Å². The van der Waals surface area contributed by atoms with Crippen LogP contribution in [0.15, 0.2) is 23.4 Å². The quantitative estimate of drug-likeness (QED) is 0.369. The van der Waals surface area contributed by atoms with Gasteiger partial charge in [-0.1, -0.05) is 24.1 Å². The van der Waals surface area contributed by atoms with E-state index in [0.29, 0.717) is 5.69 Å². The third kappa shape index (κ3) is 2.91. The molecule has 1 aromatic rings. The molecule has 0 amide bonds. The molecule has 5 heteroatoms. The van der Waals surface area contributed by atoms with Gasteiger partial charge >= 0.3 is 0 Å². The predicted molar refractivity (Wildman–Crippen MR) is 72.0 cm³/mol. The first kappa shape index (κ1) is 12.7. The molecule has 18 heavy (non-hydrogen) atoms. The molecule has 0 spiro atoms. The lowest BCUT2D eigenvalue weighted by molar-refractivity contribution is 0.318. The Morgan fingerprint density at radius 2 is 2.22 bits per heavy atom. The zero-order chi connectivity index (χ0) is 13.0. The van der Waals surface area contributed by atoms with Crippen LogP contribution in [0.1, 0.15) is 31.4 Å². The topological polar surface area (TPSA) is 74.7 Å². The number of anilines is 1. The Balaban J connectivity index is 2.07. The third-order valence-electron chi connectivity index (χ3n) is 3.50. The van der Waals surface area contributed by atoms with Gasteiger partial charge in [-0.05, 0) is 30.9 Å². The number of hydrogen-bond acceptors (Lipinski definition) is 4. The van der Waals surface area contributed by atoms with Gasteiger partial charge in [0, 0.05) is 13.6 Å². The Kier molecular flexibility index (Phi) is 4.02. The molecule has 0 aromatic carbocycles. The lowest BCUT2D eigenvalue weighted by atomic mass is 10.1. The molecule has 2 rings (SSSR count). The molecule has 1 aromatic heterocycles. The summed E-state index contributed by atoms with van der Waals surface area (Å²) in [4.78, 5) is 6.54. The van der Waals surface area contributed by atoms with Gasteiger partial charge in [0.1, 0.15) is 11.5 Å². The van der Waals surface area contributed by atoms with Crippen molar-refractivity contribution in [3.05, 3.63) is 23.9 Å². The standard InChI is InChI=1S/C13H20N4O/c1-17(9-10-5-2-3-6-10)12-8-4-7-11(15-12)13(14)16-18/h4,7-8,10,18H,2-3,5-6,9H2,1H3,(H2,14,16). The van der Waals surface area contributed by atoms with Crippen molar-refractivity contribution in [2.24, 2.45) is 16.8 Å². The molecular weight excluding hydrogens is 228 g/mol. The first-order chi connectivity index (χ1) is 8.70. The summed E-state index contributed by atoms with van der Waals surface area (Å²) < 4.78 is 0. The molecule has 1 heterocycles. The maximum absolute atomic E-state index is 8.66. The SMILES string of the molecule is CN(CC1CCCC1)c1cccc(C(N)=NO)n1. The smallest absolute Gasteiger partial charge is 0.188 e. The molecule has 0 saturated heterocycles. The van der Waals surface area contributed by atoms with Crippen molar-refractivity contribution >= 4 is 11.7 Å². The highest BCUT2D eigenvalue weighted by Gasteiger charge is 2.17. The maximum atomic E-state index is 8.66. The lowest BCUT2D eigenvalue weighted by Crippen LogP contribution is -2.26. The second kappa shape index (κ2) is 5.71. The first-order valence-electron chi connectivity index (χ1n) is 6.37. The van der Waals surface area contributed by atoms with Crippen molar-refractivity contribution in [2.75, 3.05) is 18.5 Å². The van der Waals surface area contributed by atoms with E-state index in [1.807, 2.05) is 19.2 Å². The maximum Gasteiger partial charge on any atom is 0.188 e. The summed E-state index contributed by atoms with van der Waals surface area (Å²) in [5, 5.41) is 11.6. The van der Waals surface area contributed by atoms with Crippen LogP contribution in [0.3, 0.4) is 0 Å². The van der Waals surface area contributed by atoms with Crippen LogP contribution < -0.4 is 10.6 Å². The Bertz CT molecular complexity index is 427. The van der Waals surface area contributed by atoms with Crippen LogP contribution in [-0.2, 0) is 0 Å². The number of amidine groups is 1. The number of nitrogens with two attached hydrogens (primary N) is 1. The summed E-state index contributed by atoms with van der Waals surface area (Å²) in [6.07, 6.45) is 5.31. The molecule has 0 unspecified atom stereocenters. The Hall–Kier alpha value is -1.78. The fourth-order valence-corrected chi connectivity index (χ4v) is 2.50. The van der Waals surface area contributed by atoms with Crippen molar-refractivity contribution in [1.82, 2.24) is 4.98 Å². The minimum Gasteiger partial charge on any atom is -0.409 e. The molecule has 1 fully saturated rings. The summed E-state index contributed by atoms with van der Waals surface area (Å²) in [5.74, 6) is 1.68. The summed E-state index contributed by atoms with van der Waals surface area (Å²) in [7, 11) is 2.04. The molecule has 0 aliphatic heterocycles. The molecular formula is C13H20N4O. The van der Waals surface area contributed by atoms with Crippen molar-refractivity contribution in [3.8, 4) is 0 Å². The van der Waals surface area contributed by atoms with Gasteiger partial charge in [0.25, 0.3) is 0 Å². The average Bonchev–Trinajstić information content (AvgIpc) is 2.90. The lowest BCUT2D eigenvalue weighted by Gasteiger charge is -2.22. The zero-order valence-electron chi connectivity index (χ0n) is 10.7. The summed E-state index contributed by atoms with van der Waals surface area (Å²) in [6.45, 7) is 1.02. The van der Waals surface area contributed by atoms with E-state index in [1.165, 1.54) is 25.7 Å². The highest BCUT2D eigenvalue weighted by Crippen LogP contribution is 2.26. The van der Waals surface area contributed by atoms with Crippen LogP contribution in [0.5, 0.6) is 0 Å². The van der Waals surface area contributed by atoms with Crippen molar-refractivity contribution in [3.63, 3.8) is 0 Å². The molecule has 0 atom stereocenters. The number of aromatic nitrogens is 1. The van der Waals surface area contributed by atoms with E-state index in [1.54, 1.807) is 6.07 Å². The highest BCUT2D eigenvalue weighted by molar-refractivity contribution is 5.95. The molecule has 1 aliphatic carbocycles. The zero-order valence-corrected chi connectivity index (χ0v) is 10.7. The molecule has 0 radical (unpaired) electrons. The molecule has 0 bridgehead atoms. The summed E-state index contributed by atoms with van der Waals surface area (Å²) in [5.41, 5.74) is 6.05.